The second-order valence-corrected chi connectivity index (χ2v) is 4.09. The molecule has 0 aliphatic heterocycles. The van der Waals surface area contributed by atoms with Gasteiger partial charge >= 0.3 is 12.0 Å². The number of aliphatic hydroxyl groups is 1. The molecule has 0 spiro atoms. The van der Waals surface area contributed by atoms with Crippen LogP contribution < -0.4 is 20.1 Å². The van der Waals surface area contributed by atoms with Gasteiger partial charge in [0, 0.05) is 24.7 Å². The number of aliphatic carboxylic acids is 1. The van der Waals surface area contributed by atoms with E-state index in [2.05, 4.69) is 10.6 Å². The lowest BCUT2D eigenvalue weighted by Gasteiger charge is -2.11. The highest BCUT2D eigenvalue weighted by Crippen LogP contribution is 2.29. The van der Waals surface area contributed by atoms with Gasteiger partial charge in [0.05, 0.1) is 14.2 Å². The van der Waals surface area contributed by atoms with E-state index < -0.39 is 18.1 Å². The van der Waals surface area contributed by atoms with Gasteiger partial charge in [-0.15, -0.1) is 0 Å². The van der Waals surface area contributed by atoms with Crippen molar-refractivity contribution in [1.82, 2.24) is 5.32 Å². The van der Waals surface area contributed by atoms with Crippen LogP contribution in [0.3, 0.4) is 0 Å². The molecule has 2 amide bonds. The van der Waals surface area contributed by atoms with Crippen LogP contribution in [0.1, 0.15) is 6.42 Å². The van der Waals surface area contributed by atoms with Gasteiger partial charge in [0.1, 0.15) is 0 Å². The summed E-state index contributed by atoms with van der Waals surface area (Å²) < 4.78 is 10.2. The minimum Gasteiger partial charge on any atom is -0.493 e. The highest BCUT2D eigenvalue weighted by molar-refractivity contribution is 5.89. The number of aliphatic hydroxyl groups excluding tert-OH is 1. The van der Waals surface area contributed by atoms with Crippen molar-refractivity contribution in [3.63, 3.8) is 0 Å². The third kappa shape index (κ3) is 5.19. The standard InChI is InChI=1S/C13H18N2O6/c1-20-10-4-3-8(7-11(10)21-2)15-13(19)14-6-5-9(16)12(17)18/h3-4,7,9,16H,5-6H2,1-2H3,(H,17,18)(H2,14,15,19). The molecule has 0 radical (unpaired) electrons. The van der Waals surface area contributed by atoms with E-state index in [4.69, 9.17) is 19.7 Å². The Balaban J connectivity index is 2.49. The SMILES string of the molecule is COc1ccc(NC(=O)NCCC(O)C(=O)O)cc1OC. The van der Waals surface area contributed by atoms with Crippen molar-refractivity contribution < 1.29 is 29.3 Å². The molecule has 116 valence electrons. The number of ether oxygens (including phenoxy) is 2. The highest BCUT2D eigenvalue weighted by atomic mass is 16.5. The van der Waals surface area contributed by atoms with Crippen LogP contribution in [0.2, 0.25) is 0 Å². The largest absolute Gasteiger partial charge is 0.493 e. The predicted octanol–water partition coefficient (Wildman–Crippen LogP) is 0.661. The molecule has 0 aliphatic carbocycles. The number of urea groups is 1. The topological polar surface area (TPSA) is 117 Å². The Labute approximate surface area is 121 Å². The molecule has 0 aliphatic rings. The summed E-state index contributed by atoms with van der Waals surface area (Å²) in [7, 11) is 2.99. The smallest absolute Gasteiger partial charge is 0.332 e. The highest BCUT2D eigenvalue weighted by Gasteiger charge is 2.13. The van der Waals surface area contributed by atoms with Crippen LogP contribution in [0, 0.1) is 0 Å². The Morgan fingerprint density at radius 3 is 2.48 bits per heavy atom. The summed E-state index contributed by atoms with van der Waals surface area (Å²) in [6.07, 6.45) is -1.57. The van der Waals surface area contributed by atoms with Gasteiger partial charge in [-0.3, -0.25) is 0 Å². The number of rotatable bonds is 7. The van der Waals surface area contributed by atoms with Gasteiger partial charge in [0.15, 0.2) is 17.6 Å². The Kier molecular flexibility index (Phi) is 6.28. The third-order valence-electron chi connectivity index (χ3n) is 2.63. The molecule has 1 aromatic rings. The molecule has 0 saturated carbocycles. The lowest BCUT2D eigenvalue weighted by Crippen LogP contribution is -2.33. The van der Waals surface area contributed by atoms with Crippen LogP contribution in [0.15, 0.2) is 18.2 Å². The van der Waals surface area contributed by atoms with Gasteiger partial charge in [-0.05, 0) is 12.1 Å². The van der Waals surface area contributed by atoms with Crippen LogP contribution in [-0.4, -0.2) is 49.1 Å². The van der Waals surface area contributed by atoms with E-state index in [1.165, 1.54) is 14.2 Å². The van der Waals surface area contributed by atoms with E-state index in [-0.39, 0.29) is 13.0 Å². The first kappa shape index (κ1) is 16.6. The monoisotopic (exact) mass is 298 g/mol. The van der Waals surface area contributed by atoms with Gasteiger partial charge in [-0.2, -0.15) is 0 Å². The molecule has 0 aromatic heterocycles. The van der Waals surface area contributed by atoms with Crippen molar-refractivity contribution in [3.05, 3.63) is 18.2 Å². The summed E-state index contributed by atoms with van der Waals surface area (Å²) in [5, 5.41) is 22.5. The van der Waals surface area contributed by atoms with Gasteiger partial charge in [0.25, 0.3) is 0 Å². The third-order valence-corrected chi connectivity index (χ3v) is 2.63. The number of methoxy groups -OCH3 is 2. The van der Waals surface area contributed by atoms with Crippen molar-refractivity contribution in [2.75, 3.05) is 26.1 Å². The Bertz CT molecular complexity index is 505. The average Bonchev–Trinajstić information content (AvgIpc) is 2.46. The second-order valence-electron chi connectivity index (χ2n) is 4.09. The number of carbonyl (C=O) groups excluding carboxylic acids is 1. The number of amides is 2. The minimum absolute atomic E-state index is 0.0343. The molecule has 0 fully saturated rings. The van der Waals surface area contributed by atoms with Crippen LogP contribution in [0.25, 0.3) is 0 Å². The number of carboxylic acids is 1. The fraction of sp³-hybridized carbons (Fsp3) is 0.385. The number of hydrogen-bond acceptors (Lipinski definition) is 5. The predicted molar refractivity (Wildman–Crippen MR) is 74.8 cm³/mol. The van der Waals surface area contributed by atoms with E-state index in [9.17, 15) is 9.59 Å². The molecule has 0 heterocycles. The molecule has 1 rings (SSSR count). The zero-order valence-corrected chi connectivity index (χ0v) is 11.8. The van der Waals surface area contributed by atoms with Crippen LogP contribution in [0.4, 0.5) is 10.5 Å². The fourth-order valence-corrected chi connectivity index (χ4v) is 1.54. The molecule has 21 heavy (non-hydrogen) atoms. The molecule has 8 heteroatoms. The summed E-state index contributed by atoms with van der Waals surface area (Å²) in [5.41, 5.74) is 0.490. The van der Waals surface area contributed by atoms with Crippen molar-refractivity contribution in [2.45, 2.75) is 12.5 Å². The number of nitrogens with one attached hydrogen (secondary N) is 2. The zero-order valence-electron chi connectivity index (χ0n) is 11.8. The van der Waals surface area contributed by atoms with Crippen molar-refractivity contribution in [2.24, 2.45) is 0 Å². The molecular formula is C13H18N2O6. The summed E-state index contributed by atoms with van der Waals surface area (Å²) >= 11 is 0. The first-order valence-corrected chi connectivity index (χ1v) is 6.15. The summed E-state index contributed by atoms with van der Waals surface area (Å²) in [6, 6.07) is 4.35. The zero-order chi connectivity index (χ0) is 15.8. The quantitative estimate of drug-likeness (QED) is 0.587. The maximum Gasteiger partial charge on any atom is 0.332 e. The Morgan fingerprint density at radius 1 is 1.24 bits per heavy atom. The van der Waals surface area contributed by atoms with E-state index in [1.807, 2.05) is 0 Å². The molecule has 0 bridgehead atoms. The van der Waals surface area contributed by atoms with E-state index >= 15 is 0 Å². The number of anilines is 1. The summed E-state index contributed by atoms with van der Waals surface area (Å²) in [6.45, 7) is 0.0343. The fourth-order valence-electron chi connectivity index (χ4n) is 1.54. The molecule has 4 N–H and O–H groups in total. The molecule has 1 aromatic carbocycles. The van der Waals surface area contributed by atoms with E-state index in [1.54, 1.807) is 18.2 Å². The van der Waals surface area contributed by atoms with E-state index in [0.717, 1.165) is 0 Å². The van der Waals surface area contributed by atoms with E-state index in [0.29, 0.717) is 17.2 Å². The maximum absolute atomic E-state index is 11.6. The molecule has 8 nitrogen and oxygen atoms in total. The summed E-state index contributed by atoms with van der Waals surface area (Å²) in [5.74, 6) is -0.318. The number of carbonyl (C=O) groups is 2. The number of carboxylic acid groups (broad SMARTS) is 1. The van der Waals surface area contributed by atoms with Gasteiger partial charge < -0.3 is 30.3 Å². The molecular weight excluding hydrogens is 280 g/mol. The lowest BCUT2D eigenvalue weighted by molar-refractivity contribution is -0.146. The normalized spacial score (nSPS) is 11.4. The minimum atomic E-state index is -1.49. The van der Waals surface area contributed by atoms with Crippen molar-refractivity contribution in [1.29, 1.82) is 0 Å². The first-order chi connectivity index (χ1) is 9.97. The van der Waals surface area contributed by atoms with Gasteiger partial charge in [-0.25, -0.2) is 9.59 Å². The van der Waals surface area contributed by atoms with Gasteiger partial charge in [0.2, 0.25) is 0 Å². The van der Waals surface area contributed by atoms with Crippen molar-refractivity contribution >= 4 is 17.7 Å². The Morgan fingerprint density at radius 2 is 1.90 bits per heavy atom. The maximum atomic E-state index is 11.6. The number of benzene rings is 1. The van der Waals surface area contributed by atoms with Crippen LogP contribution in [-0.2, 0) is 4.79 Å². The van der Waals surface area contributed by atoms with Crippen molar-refractivity contribution in [3.8, 4) is 11.5 Å². The van der Waals surface area contributed by atoms with Crippen LogP contribution >= 0.6 is 0 Å². The van der Waals surface area contributed by atoms with Gasteiger partial charge in [-0.1, -0.05) is 0 Å². The first-order valence-electron chi connectivity index (χ1n) is 6.15. The van der Waals surface area contributed by atoms with Crippen LogP contribution in [0.5, 0.6) is 11.5 Å². The summed E-state index contributed by atoms with van der Waals surface area (Å²) in [4.78, 5) is 22.0. The number of hydrogen-bond donors (Lipinski definition) is 4. The molecule has 1 unspecified atom stereocenters. The molecule has 1 atom stereocenters. The molecule has 0 saturated heterocycles. The second kappa shape index (κ2) is 7.95. The lowest BCUT2D eigenvalue weighted by atomic mass is 10.2. The Hall–Kier alpha value is -2.48. The average molecular weight is 298 g/mol.